The van der Waals surface area contributed by atoms with Crippen molar-refractivity contribution < 1.29 is 13.5 Å². The summed E-state index contributed by atoms with van der Waals surface area (Å²) in [7, 11) is 0. The standard InChI is InChI=1S/C63H87F2N3OS3/c1-5-9-13-17-20-22-25-29-35-49(36-30-26-23-21-18-14-10-6-2)68-51-37-31-38-53(69-46-47(33-27-16-12-8-4)34-28-24-19-15-11-7-3)57(51)50-41-40-48(45-52(50)68)54-42-43-56(71-54)59-61(65)60(64)58(55-39-32-44-70-55)62-63(59)67-72-66-62/h31-32,37-45,47,49H,5-30,33-36,46H2,1-4H3. The van der Waals surface area contributed by atoms with Gasteiger partial charge in [0.2, 0.25) is 0 Å². The topological polar surface area (TPSA) is 39.9 Å². The fourth-order valence-corrected chi connectivity index (χ4v) is 13.6. The van der Waals surface area contributed by atoms with Crippen LogP contribution < -0.4 is 4.74 Å². The Morgan fingerprint density at radius 3 is 1.58 bits per heavy atom. The molecule has 0 aliphatic heterocycles. The van der Waals surface area contributed by atoms with Crippen molar-refractivity contribution in [2.45, 2.75) is 226 Å². The Bertz CT molecular complexity index is 2610. The maximum atomic E-state index is 16.4. The van der Waals surface area contributed by atoms with Crippen molar-refractivity contribution in [3.05, 3.63) is 77.7 Å². The van der Waals surface area contributed by atoms with Gasteiger partial charge in [0.05, 0.1) is 40.5 Å². The van der Waals surface area contributed by atoms with Crippen LogP contribution in [0.5, 0.6) is 5.75 Å². The molecule has 0 spiro atoms. The Hall–Kier alpha value is -3.66. The highest BCUT2D eigenvalue weighted by Crippen LogP contribution is 2.46. The van der Waals surface area contributed by atoms with Crippen LogP contribution >= 0.6 is 34.4 Å². The minimum absolute atomic E-state index is 0.195. The van der Waals surface area contributed by atoms with Crippen molar-refractivity contribution in [3.63, 3.8) is 0 Å². The summed E-state index contributed by atoms with van der Waals surface area (Å²) >= 11 is 3.89. The van der Waals surface area contributed by atoms with E-state index in [0.717, 1.165) is 47.4 Å². The van der Waals surface area contributed by atoms with E-state index in [1.807, 2.05) is 23.6 Å². The number of nitrogens with zero attached hydrogens (tertiary/aromatic N) is 3. The smallest absolute Gasteiger partial charge is 0.170 e. The average molecular weight is 1040 g/mol. The summed E-state index contributed by atoms with van der Waals surface area (Å²) in [5.41, 5.74) is 4.82. The number of rotatable bonds is 37. The van der Waals surface area contributed by atoms with E-state index in [9.17, 15) is 0 Å². The molecule has 0 radical (unpaired) electrons. The molecule has 0 fully saturated rings. The second kappa shape index (κ2) is 30.6. The molecule has 3 aromatic carbocycles. The fourth-order valence-electron chi connectivity index (χ4n) is 11.2. The minimum Gasteiger partial charge on any atom is -0.493 e. The molecular formula is C63H87F2N3OS3. The molecule has 7 aromatic rings. The molecule has 392 valence electrons. The second-order valence-electron chi connectivity index (χ2n) is 21.0. The lowest BCUT2D eigenvalue weighted by Gasteiger charge is -2.22. The normalized spacial score (nSPS) is 12.4. The third kappa shape index (κ3) is 15.2. The van der Waals surface area contributed by atoms with Crippen molar-refractivity contribution in [1.29, 1.82) is 0 Å². The van der Waals surface area contributed by atoms with Crippen molar-refractivity contribution >= 4 is 67.2 Å². The summed E-state index contributed by atoms with van der Waals surface area (Å²) in [6, 6.07) is 21.8. The molecule has 7 rings (SSSR count). The first-order valence-corrected chi connectivity index (χ1v) is 31.4. The minimum atomic E-state index is -0.866. The third-order valence-corrected chi connectivity index (χ3v) is 17.9. The molecule has 0 saturated carbocycles. The quantitative estimate of drug-likeness (QED) is 0.0365. The molecule has 0 aliphatic rings. The molecule has 4 nitrogen and oxygen atoms in total. The van der Waals surface area contributed by atoms with Gasteiger partial charge in [0.25, 0.3) is 0 Å². The first-order valence-electron chi connectivity index (χ1n) is 29.0. The van der Waals surface area contributed by atoms with Crippen molar-refractivity contribution in [1.82, 2.24) is 13.3 Å². The molecule has 1 atom stereocenters. The van der Waals surface area contributed by atoms with Crippen LogP contribution in [0.25, 0.3) is 64.2 Å². The Morgan fingerprint density at radius 2 is 1.03 bits per heavy atom. The van der Waals surface area contributed by atoms with E-state index in [-0.39, 0.29) is 11.1 Å². The highest BCUT2D eigenvalue weighted by Gasteiger charge is 2.27. The number of aromatic nitrogens is 3. The highest BCUT2D eigenvalue weighted by atomic mass is 32.1. The van der Waals surface area contributed by atoms with E-state index >= 15 is 8.78 Å². The lowest BCUT2D eigenvalue weighted by Crippen LogP contribution is -2.13. The van der Waals surface area contributed by atoms with Gasteiger partial charge in [0.1, 0.15) is 16.8 Å². The van der Waals surface area contributed by atoms with Crippen LogP contribution in [-0.4, -0.2) is 19.9 Å². The van der Waals surface area contributed by atoms with Crippen molar-refractivity contribution in [3.8, 4) is 37.1 Å². The zero-order chi connectivity index (χ0) is 50.3. The first-order chi connectivity index (χ1) is 35.5. The van der Waals surface area contributed by atoms with Gasteiger partial charge in [-0.15, -0.1) is 22.7 Å². The molecule has 0 amide bonds. The van der Waals surface area contributed by atoms with Crippen LogP contribution in [0.4, 0.5) is 8.78 Å². The van der Waals surface area contributed by atoms with Gasteiger partial charge in [-0.1, -0.05) is 219 Å². The molecule has 72 heavy (non-hydrogen) atoms. The SMILES string of the molecule is CCCCCCCCCCC(CCCCCCCCCC)n1c2cc(-c3ccc(-c4c(F)c(F)c(-c5cccs5)c5nsnc45)s3)ccc2c2c(OCC(CCCCCC)CCCCCCCC)cccc21. The fraction of sp³-hybridized carbons (Fsp3) is 0.587. The molecule has 1 unspecified atom stereocenters. The van der Waals surface area contributed by atoms with E-state index < -0.39 is 11.6 Å². The monoisotopic (exact) mass is 1040 g/mol. The van der Waals surface area contributed by atoms with Crippen LogP contribution in [0.2, 0.25) is 0 Å². The van der Waals surface area contributed by atoms with Crippen LogP contribution in [0.3, 0.4) is 0 Å². The number of thiophene rings is 2. The highest BCUT2D eigenvalue weighted by molar-refractivity contribution is 7.19. The maximum Gasteiger partial charge on any atom is 0.170 e. The maximum absolute atomic E-state index is 16.4. The van der Waals surface area contributed by atoms with Crippen molar-refractivity contribution in [2.75, 3.05) is 6.61 Å². The van der Waals surface area contributed by atoms with Crippen LogP contribution in [0.1, 0.15) is 226 Å². The molecule has 0 bridgehead atoms. The summed E-state index contributed by atoms with van der Waals surface area (Å²) in [5, 5.41) is 4.34. The summed E-state index contributed by atoms with van der Waals surface area (Å²) in [4.78, 5) is 2.32. The first kappa shape index (κ1) is 56.1. The largest absolute Gasteiger partial charge is 0.493 e. The molecular weight excluding hydrogens is 949 g/mol. The predicted octanol–water partition coefficient (Wildman–Crippen LogP) is 22.5. The van der Waals surface area contributed by atoms with Crippen LogP contribution in [-0.2, 0) is 0 Å². The molecule has 4 heterocycles. The van der Waals surface area contributed by atoms with Gasteiger partial charge in [-0.2, -0.15) is 8.75 Å². The van der Waals surface area contributed by atoms with E-state index in [1.54, 1.807) is 0 Å². The van der Waals surface area contributed by atoms with Gasteiger partial charge in [-0.05, 0) is 78.9 Å². The van der Waals surface area contributed by atoms with Gasteiger partial charge in [-0.25, -0.2) is 8.78 Å². The predicted molar refractivity (Wildman–Crippen MR) is 312 cm³/mol. The Kier molecular flexibility index (Phi) is 23.9. The van der Waals surface area contributed by atoms with E-state index in [2.05, 4.69) is 83.5 Å². The molecule has 0 saturated heterocycles. The van der Waals surface area contributed by atoms with E-state index in [0.29, 0.717) is 32.7 Å². The second-order valence-corrected chi connectivity index (χ2v) is 23.6. The number of hydrogen-bond acceptors (Lipinski definition) is 6. The summed E-state index contributed by atoms with van der Waals surface area (Å²) < 4.78 is 51.4. The zero-order valence-corrected chi connectivity index (χ0v) is 47.1. The number of benzene rings is 3. The van der Waals surface area contributed by atoms with Crippen molar-refractivity contribution in [2.24, 2.45) is 5.92 Å². The number of hydrogen-bond donors (Lipinski definition) is 0. The van der Waals surface area contributed by atoms with Gasteiger partial charge < -0.3 is 9.30 Å². The van der Waals surface area contributed by atoms with E-state index in [1.165, 1.54) is 224 Å². The molecule has 0 aliphatic carbocycles. The third-order valence-electron chi connectivity index (χ3n) is 15.3. The summed E-state index contributed by atoms with van der Waals surface area (Å²) in [6.07, 6.45) is 38.9. The number of fused-ring (bicyclic) bond motifs is 4. The van der Waals surface area contributed by atoms with E-state index in [4.69, 9.17) is 4.74 Å². The lowest BCUT2D eigenvalue weighted by molar-refractivity contribution is 0.226. The van der Waals surface area contributed by atoms with Crippen LogP contribution in [0, 0.1) is 17.6 Å². The zero-order valence-electron chi connectivity index (χ0n) is 44.7. The Morgan fingerprint density at radius 1 is 0.514 bits per heavy atom. The average Bonchev–Trinajstić information content (AvgIpc) is 4.25. The van der Waals surface area contributed by atoms with Gasteiger partial charge in [0.15, 0.2) is 11.6 Å². The number of unbranched alkanes of at least 4 members (excludes halogenated alkanes) is 22. The Balaban J connectivity index is 1.24. The summed E-state index contributed by atoms with van der Waals surface area (Å²) in [5.74, 6) is -0.170. The lowest BCUT2D eigenvalue weighted by atomic mass is 9.95. The molecule has 4 aromatic heterocycles. The van der Waals surface area contributed by atoms with Gasteiger partial charge >= 0.3 is 0 Å². The van der Waals surface area contributed by atoms with Crippen LogP contribution in [0.15, 0.2) is 66.0 Å². The Labute approximate surface area is 445 Å². The van der Waals surface area contributed by atoms with Gasteiger partial charge in [0, 0.05) is 31.4 Å². The number of ether oxygens (including phenoxy) is 1. The summed E-state index contributed by atoms with van der Waals surface area (Å²) in [6.45, 7) is 9.96. The number of halogens is 2. The molecule has 9 heteroatoms. The van der Waals surface area contributed by atoms with Gasteiger partial charge in [-0.3, -0.25) is 0 Å². The molecule has 0 N–H and O–H groups in total.